The van der Waals surface area contributed by atoms with E-state index in [2.05, 4.69) is 21.1 Å². The Kier molecular flexibility index (Phi) is 3.68. The van der Waals surface area contributed by atoms with Crippen LogP contribution in [0, 0.1) is 10.1 Å². The second kappa shape index (κ2) is 5.63. The number of benzene rings is 2. The number of aliphatic imine (C=N–C) groups is 1. The topological polar surface area (TPSA) is 68.0 Å². The van der Waals surface area contributed by atoms with Crippen LogP contribution < -0.4 is 0 Å². The number of hydrogen-bond donors (Lipinski definition) is 0. The number of non-ortho nitro benzene ring substituents is 1. The lowest BCUT2D eigenvalue weighted by molar-refractivity contribution is -0.384. The van der Waals surface area contributed by atoms with Crippen molar-refractivity contribution in [1.29, 1.82) is 0 Å². The van der Waals surface area contributed by atoms with Gasteiger partial charge in [0, 0.05) is 17.7 Å². The smallest absolute Gasteiger partial charge is 0.269 e. The number of nitro benzene ring substituents is 1. The third-order valence-electron chi connectivity index (χ3n) is 3.03. The van der Waals surface area contributed by atoms with Gasteiger partial charge in [0.2, 0.25) is 5.90 Å². The number of hydrogen-bond acceptors (Lipinski definition) is 5. The SMILES string of the molecule is O=[N+]([O-])c1ccc(C2=NC(c3ccccc3)N(Br)O2)cc1. The van der Waals surface area contributed by atoms with Gasteiger partial charge >= 0.3 is 0 Å². The fourth-order valence-corrected chi connectivity index (χ4v) is 2.45. The van der Waals surface area contributed by atoms with Gasteiger partial charge in [-0.3, -0.25) is 10.1 Å². The highest BCUT2D eigenvalue weighted by molar-refractivity contribution is 9.07. The highest BCUT2D eigenvalue weighted by Crippen LogP contribution is 2.32. The Morgan fingerprint density at radius 2 is 1.81 bits per heavy atom. The molecule has 6 nitrogen and oxygen atoms in total. The first-order valence-electron chi connectivity index (χ1n) is 6.16. The van der Waals surface area contributed by atoms with Crippen LogP contribution in [-0.4, -0.2) is 14.9 Å². The Labute approximate surface area is 129 Å². The Balaban J connectivity index is 1.88. The minimum atomic E-state index is -0.440. The maximum Gasteiger partial charge on any atom is 0.269 e. The Bertz CT molecular complexity index is 688. The molecule has 7 heteroatoms. The fraction of sp³-hybridized carbons (Fsp3) is 0.0714. The molecule has 1 atom stereocenters. The Morgan fingerprint density at radius 1 is 1.14 bits per heavy atom. The molecule has 2 aromatic carbocycles. The molecule has 2 aromatic rings. The van der Waals surface area contributed by atoms with Crippen molar-refractivity contribution < 1.29 is 9.76 Å². The Hall–Kier alpha value is -2.25. The van der Waals surface area contributed by atoms with Gasteiger partial charge in [0.25, 0.3) is 5.69 Å². The standard InChI is InChI=1S/C14H10BrN3O3/c15-17-13(10-4-2-1-3-5-10)16-14(21-17)11-6-8-12(9-7-11)18(19)20/h1-9,13H. The van der Waals surface area contributed by atoms with E-state index in [4.69, 9.17) is 4.84 Å². The second-order valence-electron chi connectivity index (χ2n) is 4.39. The minimum absolute atomic E-state index is 0.0349. The van der Waals surface area contributed by atoms with Crippen molar-refractivity contribution in [1.82, 2.24) is 4.09 Å². The summed E-state index contributed by atoms with van der Waals surface area (Å²) in [5.41, 5.74) is 1.70. The third kappa shape index (κ3) is 2.79. The van der Waals surface area contributed by atoms with E-state index in [9.17, 15) is 10.1 Å². The molecule has 0 saturated carbocycles. The van der Waals surface area contributed by atoms with Gasteiger partial charge in [0.15, 0.2) is 6.17 Å². The summed E-state index contributed by atoms with van der Waals surface area (Å²) in [5, 5.41) is 10.7. The monoisotopic (exact) mass is 347 g/mol. The van der Waals surface area contributed by atoms with E-state index >= 15 is 0 Å². The molecule has 1 aliphatic rings. The molecule has 1 heterocycles. The summed E-state index contributed by atoms with van der Waals surface area (Å²) >= 11 is 3.31. The Morgan fingerprint density at radius 3 is 2.43 bits per heavy atom. The van der Waals surface area contributed by atoms with Crippen molar-refractivity contribution in [3.8, 4) is 0 Å². The van der Waals surface area contributed by atoms with E-state index in [1.807, 2.05) is 30.3 Å². The van der Waals surface area contributed by atoms with Crippen molar-refractivity contribution in [2.45, 2.75) is 6.17 Å². The van der Waals surface area contributed by atoms with Crippen molar-refractivity contribution in [2.24, 2.45) is 4.99 Å². The molecule has 0 amide bonds. The molecule has 1 aliphatic heterocycles. The van der Waals surface area contributed by atoms with Gasteiger partial charge in [-0.2, -0.15) is 0 Å². The molecule has 0 aliphatic carbocycles. The molecule has 0 radical (unpaired) electrons. The van der Waals surface area contributed by atoms with Crippen molar-refractivity contribution in [3.05, 3.63) is 75.8 Å². The van der Waals surface area contributed by atoms with Crippen molar-refractivity contribution in [2.75, 3.05) is 0 Å². The first kappa shape index (κ1) is 13.7. The summed E-state index contributed by atoms with van der Waals surface area (Å²) < 4.78 is 1.47. The zero-order valence-electron chi connectivity index (χ0n) is 10.7. The maximum atomic E-state index is 10.7. The number of nitrogens with zero attached hydrogens (tertiary/aromatic N) is 3. The molecule has 0 aromatic heterocycles. The minimum Gasteiger partial charge on any atom is -0.372 e. The largest absolute Gasteiger partial charge is 0.372 e. The zero-order valence-corrected chi connectivity index (χ0v) is 12.3. The molecule has 0 N–H and O–H groups in total. The zero-order chi connectivity index (χ0) is 14.8. The molecule has 106 valence electrons. The predicted octanol–water partition coefficient (Wildman–Crippen LogP) is 3.60. The number of nitro groups is 1. The van der Waals surface area contributed by atoms with Crippen LogP contribution in [0.15, 0.2) is 59.6 Å². The molecular weight excluding hydrogens is 338 g/mol. The molecular formula is C14H10BrN3O3. The molecule has 0 spiro atoms. The van der Waals surface area contributed by atoms with Gasteiger partial charge in [-0.05, 0) is 21.8 Å². The number of hydroxylamine groups is 1. The molecule has 0 bridgehead atoms. The first-order valence-corrected chi connectivity index (χ1v) is 6.86. The fourth-order valence-electron chi connectivity index (χ4n) is 1.98. The number of halogens is 1. The van der Waals surface area contributed by atoms with E-state index in [0.29, 0.717) is 11.5 Å². The summed E-state index contributed by atoms with van der Waals surface area (Å²) in [7, 11) is 0. The van der Waals surface area contributed by atoms with Crippen LogP contribution in [0.4, 0.5) is 5.69 Å². The van der Waals surface area contributed by atoms with Crippen molar-refractivity contribution in [3.63, 3.8) is 0 Å². The average Bonchev–Trinajstić information content (AvgIpc) is 2.90. The second-order valence-corrected chi connectivity index (χ2v) is 5.08. The highest BCUT2D eigenvalue weighted by Gasteiger charge is 2.29. The van der Waals surface area contributed by atoms with Gasteiger partial charge in [-0.25, -0.2) is 4.99 Å². The first-order chi connectivity index (χ1) is 10.1. The van der Waals surface area contributed by atoms with Crippen LogP contribution in [0.2, 0.25) is 0 Å². The summed E-state index contributed by atoms with van der Waals surface area (Å²) in [5.74, 6) is 0.413. The maximum absolute atomic E-state index is 10.7. The molecule has 0 saturated heterocycles. The van der Waals surface area contributed by atoms with Crippen LogP contribution in [0.25, 0.3) is 0 Å². The lowest BCUT2D eigenvalue weighted by atomic mass is 10.2. The lowest BCUT2D eigenvalue weighted by Crippen LogP contribution is -2.12. The summed E-state index contributed by atoms with van der Waals surface area (Å²) in [6, 6.07) is 15.8. The third-order valence-corrected chi connectivity index (χ3v) is 3.56. The quantitative estimate of drug-likeness (QED) is 0.483. The van der Waals surface area contributed by atoms with E-state index in [-0.39, 0.29) is 11.9 Å². The summed E-state index contributed by atoms with van der Waals surface area (Å²) in [4.78, 5) is 20.2. The average molecular weight is 348 g/mol. The summed E-state index contributed by atoms with van der Waals surface area (Å²) in [6.45, 7) is 0. The molecule has 3 rings (SSSR count). The predicted molar refractivity (Wildman–Crippen MR) is 80.7 cm³/mol. The summed E-state index contributed by atoms with van der Waals surface area (Å²) in [6.07, 6.45) is -0.295. The van der Waals surface area contributed by atoms with Gasteiger partial charge in [0.05, 0.1) is 21.1 Å². The van der Waals surface area contributed by atoms with Crippen LogP contribution in [-0.2, 0) is 4.84 Å². The van der Waals surface area contributed by atoms with E-state index in [1.165, 1.54) is 16.2 Å². The molecule has 21 heavy (non-hydrogen) atoms. The number of rotatable bonds is 3. The van der Waals surface area contributed by atoms with Crippen LogP contribution in [0.5, 0.6) is 0 Å². The highest BCUT2D eigenvalue weighted by atomic mass is 79.9. The molecule has 0 fully saturated rings. The van der Waals surface area contributed by atoms with Gasteiger partial charge < -0.3 is 4.84 Å². The molecule has 1 unspecified atom stereocenters. The van der Waals surface area contributed by atoms with Crippen LogP contribution in [0.3, 0.4) is 0 Å². The van der Waals surface area contributed by atoms with Crippen LogP contribution in [0.1, 0.15) is 17.3 Å². The van der Waals surface area contributed by atoms with Crippen LogP contribution >= 0.6 is 16.1 Å². The normalized spacial score (nSPS) is 18.1. The van der Waals surface area contributed by atoms with Gasteiger partial charge in [-0.1, -0.05) is 30.3 Å². The van der Waals surface area contributed by atoms with Gasteiger partial charge in [0.1, 0.15) is 0 Å². The van der Waals surface area contributed by atoms with E-state index in [0.717, 1.165) is 5.56 Å². The van der Waals surface area contributed by atoms with Crippen molar-refractivity contribution >= 4 is 27.7 Å². The van der Waals surface area contributed by atoms with E-state index < -0.39 is 4.92 Å². The lowest BCUT2D eigenvalue weighted by Gasteiger charge is -2.13. The van der Waals surface area contributed by atoms with Gasteiger partial charge in [-0.15, -0.1) is 0 Å². The van der Waals surface area contributed by atoms with E-state index in [1.54, 1.807) is 12.1 Å².